The molecule has 4 heteroatoms. The van der Waals surface area contributed by atoms with Crippen LogP contribution in [0.2, 0.25) is 0 Å². The van der Waals surface area contributed by atoms with E-state index in [9.17, 15) is 4.79 Å². The number of benzene rings is 1. The first-order valence-corrected chi connectivity index (χ1v) is 6.96. The average Bonchev–Trinajstić information content (AvgIpc) is 2.33. The Labute approximate surface area is 108 Å². The van der Waals surface area contributed by atoms with Crippen LogP contribution in [0.5, 0.6) is 0 Å². The number of hydrogen-bond donors (Lipinski definition) is 0. The zero-order valence-electron chi connectivity index (χ0n) is 8.82. The van der Waals surface area contributed by atoms with E-state index in [0.717, 1.165) is 47.3 Å². The van der Waals surface area contributed by atoms with Crippen molar-refractivity contribution in [2.75, 3.05) is 13.2 Å². The van der Waals surface area contributed by atoms with E-state index < -0.39 is 0 Å². The van der Waals surface area contributed by atoms with Crippen LogP contribution in [0.1, 0.15) is 23.2 Å². The number of ether oxygens (including phenoxy) is 1. The van der Waals surface area contributed by atoms with Gasteiger partial charge in [-0.1, -0.05) is 15.9 Å². The Balaban J connectivity index is 2.10. The molecule has 0 atom stereocenters. The second kappa shape index (κ2) is 5.84. The SMILES string of the molecule is O=Cc1cc(Br)ccc1SC1CCOCC1. The summed E-state index contributed by atoms with van der Waals surface area (Å²) in [7, 11) is 0. The van der Waals surface area contributed by atoms with Crippen LogP contribution in [0.4, 0.5) is 0 Å². The molecule has 86 valence electrons. The number of halogens is 1. The minimum atomic E-state index is 0.577. The van der Waals surface area contributed by atoms with E-state index in [2.05, 4.69) is 15.9 Å². The molecule has 0 saturated carbocycles. The summed E-state index contributed by atoms with van der Waals surface area (Å²) in [4.78, 5) is 12.0. The third kappa shape index (κ3) is 3.09. The number of hydrogen-bond acceptors (Lipinski definition) is 3. The second-order valence-corrected chi connectivity index (χ2v) is 5.99. The van der Waals surface area contributed by atoms with Crippen LogP contribution in [0.15, 0.2) is 27.6 Å². The standard InChI is InChI=1S/C12H13BrO2S/c13-10-1-2-12(9(7-10)8-14)16-11-3-5-15-6-4-11/h1-2,7-8,11H,3-6H2. The lowest BCUT2D eigenvalue weighted by Gasteiger charge is -2.21. The molecule has 0 N–H and O–H groups in total. The van der Waals surface area contributed by atoms with E-state index in [-0.39, 0.29) is 0 Å². The summed E-state index contributed by atoms with van der Waals surface area (Å²) in [5.41, 5.74) is 0.769. The lowest BCUT2D eigenvalue weighted by Crippen LogP contribution is -2.17. The van der Waals surface area contributed by atoms with Crippen molar-refractivity contribution in [2.45, 2.75) is 23.0 Å². The summed E-state index contributed by atoms with van der Waals surface area (Å²) in [6.07, 6.45) is 3.06. The summed E-state index contributed by atoms with van der Waals surface area (Å²) in [5.74, 6) is 0. The van der Waals surface area contributed by atoms with Crippen molar-refractivity contribution >= 4 is 34.0 Å². The van der Waals surface area contributed by atoms with Crippen LogP contribution in [-0.2, 0) is 4.74 Å². The van der Waals surface area contributed by atoms with E-state index in [1.54, 1.807) is 11.8 Å². The quantitative estimate of drug-likeness (QED) is 0.799. The largest absolute Gasteiger partial charge is 0.381 e. The first kappa shape index (κ1) is 12.1. The maximum Gasteiger partial charge on any atom is 0.151 e. The van der Waals surface area contributed by atoms with Gasteiger partial charge in [0.2, 0.25) is 0 Å². The van der Waals surface area contributed by atoms with Crippen LogP contribution in [-0.4, -0.2) is 24.7 Å². The van der Waals surface area contributed by atoms with E-state index in [0.29, 0.717) is 5.25 Å². The summed E-state index contributed by atoms with van der Waals surface area (Å²) < 4.78 is 6.27. The maximum atomic E-state index is 11.0. The predicted molar refractivity (Wildman–Crippen MR) is 69.2 cm³/mol. The van der Waals surface area contributed by atoms with Gasteiger partial charge in [0.1, 0.15) is 0 Å². The van der Waals surface area contributed by atoms with Crippen molar-refractivity contribution in [1.29, 1.82) is 0 Å². The Morgan fingerprint density at radius 2 is 2.12 bits per heavy atom. The number of carbonyl (C=O) groups is 1. The van der Waals surface area contributed by atoms with E-state index in [1.165, 1.54) is 0 Å². The average molecular weight is 301 g/mol. The van der Waals surface area contributed by atoms with Gasteiger partial charge in [-0.15, -0.1) is 11.8 Å². The Bertz CT molecular complexity index is 375. The molecule has 0 aromatic heterocycles. The summed E-state index contributed by atoms with van der Waals surface area (Å²) in [6.45, 7) is 1.68. The molecule has 0 aliphatic carbocycles. The number of aldehydes is 1. The van der Waals surface area contributed by atoms with Crippen LogP contribution in [0, 0.1) is 0 Å². The van der Waals surface area contributed by atoms with Gasteiger partial charge in [0, 0.05) is 33.4 Å². The predicted octanol–water partition coefficient (Wildman–Crippen LogP) is 3.53. The van der Waals surface area contributed by atoms with E-state index in [1.807, 2.05) is 18.2 Å². The Morgan fingerprint density at radius 3 is 2.81 bits per heavy atom. The highest BCUT2D eigenvalue weighted by Gasteiger charge is 2.16. The highest BCUT2D eigenvalue weighted by atomic mass is 79.9. The Kier molecular flexibility index (Phi) is 4.44. The van der Waals surface area contributed by atoms with Gasteiger partial charge in [0.05, 0.1) is 0 Å². The zero-order valence-corrected chi connectivity index (χ0v) is 11.2. The minimum Gasteiger partial charge on any atom is -0.381 e. The van der Waals surface area contributed by atoms with Crippen LogP contribution >= 0.6 is 27.7 Å². The van der Waals surface area contributed by atoms with Crippen LogP contribution < -0.4 is 0 Å². The van der Waals surface area contributed by atoms with Crippen LogP contribution in [0.25, 0.3) is 0 Å². The molecule has 0 amide bonds. The van der Waals surface area contributed by atoms with E-state index in [4.69, 9.17) is 4.74 Å². The highest BCUT2D eigenvalue weighted by molar-refractivity contribution is 9.10. The van der Waals surface area contributed by atoms with Gasteiger partial charge in [-0.3, -0.25) is 4.79 Å². The molecule has 0 bridgehead atoms. The van der Waals surface area contributed by atoms with Crippen molar-refractivity contribution in [3.8, 4) is 0 Å². The molecule has 1 aromatic carbocycles. The van der Waals surface area contributed by atoms with Crippen LogP contribution in [0.3, 0.4) is 0 Å². The third-order valence-electron chi connectivity index (χ3n) is 2.56. The molecule has 1 heterocycles. The molecule has 1 saturated heterocycles. The van der Waals surface area contributed by atoms with Gasteiger partial charge < -0.3 is 4.74 Å². The fraction of sp³-hybridized carbons (Fsp3) is 0.417. The molecule has 16 heavy (non-hydrogen) atoms. The zero-order chi connectivity index (χ0) is 11.4. The first-order chi connectivity index (χ1) is 7.79. The van der Waals surface area contributed by atoms with Crippen molar-refractivity contribution in [2.24, 2.45) is 0 Å². The van der Waals surface area contributed by atoms with Crippen molar-refractivity contribution in [1.82, 2.24) is 0 Å². The molecule has 1 aliphatic rings. The summed E-state index contributed by atoms with van der Waals surface area (Å²) in [6, 6.07) is 5.86. The Morgan fingerprint density at radius 1 is 1.38 bits per heavy atom. The monoisotopic (exact) mass is 300 g/mol. The van der Waals surface area contributed by atoms with E-state index >= 15 is 0 Å². The van der Waals surface area contributed by atoms with Crippen molar-refractivity contribution in [3.63, 3.8) is 0 Å². The van der Waals surface area contributed by atoms with Gasteiger partial charge in [-0.05, 0) is 31.0 Å². The number of rotatable bonds is 3. The molecule has 0 radical (unpaired) electrons. The first-order valence-electron chi connectivity index (χ1n) is 5.29. The number of carbonyl (C=O) groups excluding carboxylic acids is 1. The third-order valence-corrected chi connectivity index (χ3v) is 4.48. The maximum absolute atomic E-state index is 11.0. The summed E-state index contributed by atoms with van der Waals surface area (Å²) >= 11 is 5.17. The van der Waals surface area contributed by atoms with Gasteiger partial charge in [0.25, 0.3) is 0 Å². The smallest absolute Gasteiger partial charge is 0.151 e. The molecular formula is C12H13BrO2S. The molecule has 1 aromatic rings. The van der Waals surface area contributed by atoms with Crippen molar-refractivity contribution < 1.29 is 9.53 Å². The molecule has 0 unspecified atom stereocenters. The molecule has 0 spiro atoms. The molecular weight excluding hydrogens is 288 g/mol. The number of thioether (sulfide) groups is 1. The van der Waals surface area contributed by atoms with Crippen molar-refractivity contribution in [3.05, 3.63) is 28.2 Å². The topological polar surface area (TPSA) is 26.3 Å². The van der Waals surface area contributed by atoms with Gasteiger partial charge in [-0.2, -0.15) is 0 Å². The Hall–Kier alpha value is -0.320. The van der Waals surface area contributed by atoms with Gasteiger partial charge in [0.15, 0.2) is 6.29 Å². The highest BCUT2D eigenvalue weighted by Crippen LogP contribution is 2.32. The van der Waals surface area contributed by atoms with Gasteiger partial charge >= 0.3 is 0 Å². The van der Waals surface area contributed by atoms with Gasteiger partial charge in [-0.25, -0.2) is 0 Å². The fourth-order valence-corrected chi connectivity index (χ4v) is 3.25. The normalized spacial score (nSPS) is 17.3. The fourth-order valence-electron chi connectivity index (χ4n) is 1.69. The second-order valence-electron chi connectivity index (χ2n) is 3.73. The minimum absolute atomic E-state index is 0.577. The lowest BCUT2D eigenvalue weighted by atomic mass is 10.2. The summed E-state index contributed by atoms with van der Waals surface area (Å²) in [5, 5.41) is 0.577. The molecule has 2 rings (SSSR count). The molecule has 1 aliphatic heterocycles. The lowest BCUT2D eigenvalue weighted by molar-refractivity contribution is 0.100. The molecule has 2 nitrogen and oxygen atoms in total. The molecule has 1 fully saturated rings.